The standard InChI is InChI=1S/C12H15F3N2O2/c1-19-7-6-16-4-5-17-12(18)8-2-3-9(13)11(15)10(8)14/h2-3,16H,4-7H2,1H3,(H,17,18). The first-order chi connectivity index (χ1) is 9.07. The third kappa shape index (κ3) is 4.53. The van der Waals surface area contributed by atoms with Crippen LogP contribution in [0.4, 0.5) is 13.2 Å². The molecule has 2 N–H and O–H groups in total. The smallest absolute Gasteiger partial charge is 0.254 e. The number of rotatable bonds is 7. The van der Waals surface area contributed by atoms with Gasteiger partial charge in [-0.25, -0.2) is 13.2 Å². The minimum Gasteiger partial charge on any atom is -0.383 e. The number of methoxy groups -OCH3 is 1. The molecule has 1 aromatic carbocycles. The maximum absolute atomic E-state index is 13.3. The molecule has 0 saturated carbocycles. The monoisotopic (exact) mass is 276 g/mol. The lowest BCUT2D eigenvalue weighted by Crippen LogP contribution is -2.33. The van der Waals surface area contributed by atoms with E-state index in [1.165, 1.54) is 0 Å². The average Bonchev–Trinajstić information content (AvgIpc) is 2.40. The van der Waals surface area contributed by atoms with E-state index in [-0.39, 0.29) is 6.54 Å². The van der Waals surface area contributed by atoms with Crippen LogP contribution in [0.25, 0.3) is 0 Å². The summed E-state index contributed by atoms with van der Waals surface area (Å²) >= 11 is 0. The molecule has 0 saturated heterocycles. The Labute approximate surface area is 108 Å². The van der Waals surface area contributed by atoms with Crippen molar-refractivity contribution in [2.24, 2.45) is 0 Å². The zero-order valence-electron chi connectivity index (χ0n) is 10.4. The first-order valence-corrected chi connectivity index (χ1v) is 5.69. The van der Waals surface area contributed by atoms with Gasteiger partial charge in [-0.1, -0.05) is 0 Å². The molecule has 0 radical (unpaired) electrons. The number of hydrogen-bond acceptors (Lipinski definition) is 3. The molecule has 1 rings (SSSR count). The summed E-state index contributed by atoms with van der Waals surface area (Å²) in [5.74, 6) is -5.24. The Morgan fingerprint density at radius 1 is 1.16 bits per heavy atom. The van der Waals surface area contributed by atoms with E-state index in [0.717, 1.165) is 6.07 Å². The lowest BCUT2D eigenvalue weighted by molar-refractivity contribution is 0.0948. The van der Waals surface area contributed by atoms with E-state index in [9.17, 15) is 18.0 Å². The van der Waals surface area contributed by atoms with Crippen molar-refractivity contribution in [3.63, 3.8) is 0 Å². The van der Waals surface area contributed by atoms with Gasteiger partial charge in [0, 0.05) is 26.7 Å². The number of hydrogen-bond donors (Lipinski definition) is 2. The highest BCUT2D eigenvalue weighted by Crippen LogP contribution is 2.14. The van der Waals surface area contributed by atoms with Crippen molar-refractivity contribution in [3.8, 4) is 0 Å². The Bertz CT molecular complexity index is 441. The fraction of sp³-hybridized carbons (Fsp3) is 0.417. The molecule has 0 fully saturated rings. The van der Waals surface area contributed by atoms with Gasteiger partial charge in [0.2, 0.25) is 0 Å². The maximum Gasteiger partial charge on any atom is 0.254 e. The fourth-order valence-corrected chi connectivity index (χ4v) is 1.36. The summed E-state index contributed by atoms with van der Waals surface area (Å²) in [7, 11) is 1.56. The third-order valence-corrected chi connectivity index (χ3v) is 2.35. The van der Waals surface area contributed by atoms with Crippen molar-refractivity contribution in [1.29, 1.82) is 0 Å². The van der Waals surface area contributed by atoms with Gasteiger partial charge in [-0.15, -0.1) is 0 Å². The molecule has 0 aliphatic heterocycles. The highest BCUT2D eigenvalue weighted by atomic mass is 19.2. The normalized spacial score (nSPS) is 10.5. The summed E-state index contributed by atoms with van der Waals surface area (Å²) in [6.07, 6.45) is 0. The second-order valence-corrected chi connectivity index (χ2v) is 3.72. The molecule has 0 bridgehead atoms. The second-order valence-electron chi connectivity index (χ2n) is 3.72. The van der Waals surface area contributed by atoms with E-state index >= 15 is 0 Å². The summed E-state index contributed by atoms with van der Waals surface area (Å²) in [5.41, 5.74) is -0.518. The number of amides is 1. The summed E-state index contributed by atoms with van der Waals surface area (Å²) in [5, 5.41) is 5.35. The van der Waals surface area contributed by atoms with E-state index in [4.69, 9.17) is 4.74 Å². The number of carbonyl (C=O) groups is 1. The molecule has 4 nitrogen and oxygen atoms in total. The number of ether oxygens (including phenoxy) is 1. The molecule has 0 atom stereocenters. The van der Waals surface area contributed by atoms with Gasteiger partial charge in [-0.05, 0) is 12.1 Å². The summed E-state index contributed by atoms with van der Waals surface area (Å²) in [6, 6.07) is 1.62. The van der Waals surface area contributed by atoms with E-state index in [2.05, 4.69) is 10.6 Å². The molecule has 0 aliphatic rings. The van der Waals surface area contributed by atoms with Gasteiger partial charge in [-0.3, -0.25) is 4.79 Å². The molecule has 1 amide bonds. The molecular weight excluding hydrogens is 261 g/mol. The first-order valence-electron chi connectivity index (χ1n) is 5.69. The molecule has 106 valence electrons. The van der Waals surface area contributed by atoms with Crippen LogP contribution >= 0.6 is 0 Å². The third-order valence-electron chi connectivity index (χ3n) is 2.35. The van der Waals surface area contributed by atoms with E-state index < -0.39 is 28.9 Å². The average molecular weight is 276 g/mol. The van der Waals surface area contributed by atoms with Gasteiger partial charge in [-0.2, -0.15) is 0 Å². The Balaban J connectivity index is 2.44. The van der Waals surface area contributed by atoms with Crippen LogP contribution < -0.4 is 10.6 Å². The Kier molecular flexibility index (Phi) is 6.31. The molecule has 0 aromatic heterocycles. The van der Waals surface area contributed by atoms with Crippen LogP contribution in [-0.2, 0) is 4.74 Å². The highest BCUT2D eigenvalue weighted by Gasteiger charge is 2.18. The van der Waals surface area contributed by atoms with Crippen molar-refractivity contribution in [3.05, 3.63) is 35.1 Å². The van der Waals surface area contributed by atoms with Crippen LogP contribution in [0.2, 0.25) is 0 Å². The van der Waals surface area contributed by atoms with Gasteiger partial charge < -0.3 is 15.4 Å². The van der Waals surface area contributed by atoms with Gasteiger partial charge in [0.15, 0.2) is 17.5 Å². The van der Waals surface area contributed by atoms with Crippen LogP contribution in [0.3, 0.4) is 0 Å². The van der Waals surface area contributed by atoms with E-state index in [1.807, 2.05) is 0 Å². The predicted octanol–water partition coefficient (Wildman–Crippen LogP) is 1.07. The van der Waals surface area contributed by atoms with Gasteiger partial charge in [0.25, 0.3) is 5.91 Å². The van der Waals surface area contributed by atoms with Crippen LogP contribution in [-0.4, -0.2) is 39.3 Å². The molecule has 0 heterocycles. The van der Waals surface area contributed by atoms with E-state index in [0.29, 0.717) is 25.8 Å². The Morgan fingerprint density at radius 2 is 1.89 bits per heavy atom. The number of carbonyl (C=O) groups excluding carboxylic acids is 1. The first kappa shape index (κ1) is 15.5. The quantitative estimate of drug-likeness (QED) is 0.578. The van der Waals surface area contributed by atoms with Crippen LogP contribution in [0.15, 0.2) is 12.1 Å². The van der Waals surface area contributed by atoms with Gasteiger partial charge in [0.1, 0.15) is 0 Å². The number of nitrogens with one attached hydrogen (secondary N) is 2. The largest absolute Gasteiger partial charge is 0.383 e. The maximum atomic E-state index is 13.3. The zero-order chi connectivity index (χ0) is 14.3. The molecule has 0 unspecified atom stereocenters. The minimum absolute atomic E-state index is 0.237. The van der Waals surface area contributed by atoms with Crippen LogP contribution in [0, 0.1) is 17.5 Å². The van der Waals surface area contributed by atoms with Gasteiger partial charge >= 0.3 is 0 Å². The highest BCUT2D eigenvalue weighted by molar-refractivity contribution is 5.94. The van der Waals surface area contributed by atoms with Crippen molar-refractivity contribution < 1.29 is 22.7 Å². The topological polar surface area (TPSA) is 50.4 Å². The summed E-state index contributed by atoms with van der Waals surface area (Å²) in [6.45, 7) is 1.85. The molecular formula is C12H15F3N2O2. The summed E-state index contributed by atoms with van der Waals surface area (Å²) in [4.78, 5) is 11.5. The van der Waals surface area contributed by atoms with Crippen molar-refractivity contribution in [1.82, 2.24) is 10.6 Å². The fourth-order valence-electron chi connectivity index (χ4n) is 1.36. The Morgan fingerprint density at radius 3 is 2.58 bits per heavy atom. The summed E-state index contributed by atoms with van der Waals surface area (Å²) < 4.78 is 43.7. The SMILES string of the molecule is COCCNCCNC(=O)c1ccc(F)c(F)c1F. The van der Waals surface area contributed by atoms with Crippen LogP contribution in [0.1, 0.15) is 10.4 Å². The van der Waals surface area contributed by atoms with Crippen molar-refractivity contribution >= 4 is 5.91 Å². The number of halogens is 3. The minimum atomic E-state index is -1.65. The molecule has 7 heteroatoms. The van der Waals surface area contributed by atoms with Crippen LogP contribution in [0.5, 0.6) is 0 Å². The molecule has 0 spiro atoms. The van der Waals surface area contributed by atoms with E-state index in [1.54, 1.807) is 7.11 Å². The molecule has 0 aliphatic carbocycles. The molecule has 19 heavy (non-hydrogen) atoms. The lowest BCUT2D eigenvalue weighted by atomic mass is 10.2. The second kappa shape index (κ2) is 7.75. The Hall–Kier alpha value is -1.60. The molecule has 1 aromatic rings. The number of benzene rings is 1. The van der Waals surface area contributed by atoms with Gasteiger partial charge in [0.05, 0.1) is 12.2 Å². The van der Waals surface area contributed by atoms with Crippen molar-refractivity contribution in [2.45, 2.75) is 0 Å². The lowest BCUT2D eigenvalue weighted by Gasteiger charge is -2.07. The predicted molar refractivity (Wildman–Crippen MR) is 63.4 cm³/mol. The zero-order valence-corrected chi connectivity index (χ0v) is 10.4. The van der Waals surface area contributed by atoms with Crippen molar-refractivity contribution in [2.75, 3.05) is 33.4 Å².